The van der Waals surface area contributed by atoms with Crippen molar-refractivity contribution in [2.24, 2.45) is 0 Å². The number of nitrogens with zero attached hydrogens (tertiary/aromatic N) is 2. The Morgan fingerprint density at radius 3 is 2.30 bits per heavy atom. The summed E-state index contributed by atoms with van der Waals surface area (Å²) in [4.78, 5) is 36.9. The molecule has 1 aromatic heterocycles. The van der Waals surface area contributed by atoms with Gasteiger partial charge in [-0.3, -0.25) is 29.9 Å². The van der Waals surface area contributed by atoms with E-state index in [0.29, 0.717) is 24.8 Å². The summed E-state index contributed by atoms with van der Waals surface area (Å²) in [5.41, 5.74) is 4.49. The van der Waals surface area contributed by atoms with Crippen molar-refractivity contribution < 1.29 is 32.3 Å². The third-order valence-electron chi connectivity index (χ3n) is 5.68. The standard InChI is InChI=1S/C28H32F3N5O4/c1-5-7-23(37)34-35-25(38)19-12-10-18(11-13-19)14-15-32-26(39)24-22(17-33-36(24)27(2,3)4)40-21-9-6-8-20(16-21)28(29,30)31/h6,8-13,16-17H,5,7,14-15H2,1-4H3,(H,32,39)(H,34,37)(H,35,38). The van der Waals surface area contributed by atoms with E-state index in [-0.39, 0.29) is 29.6 Å². The fourth-order valence-electron chi connectivity index (χ4n) is 3.70. The number of rotatable bonds is 9. The van der Waals surface area contributed by atoms with Gasteiger partial charge in [-0.2, -0.15) is 18.3 Å². The average Bonchev–Trinajstić information content (AvgIpc) is 3.32. The van der Waals surface area contributed by atoms with Crippen LogP contribution in [0, 0.1) is 0 Å². The summed E-state index contributed by atoms with van der Waals surface area (Å²) in [5.74, 6) is -1.29. The zero-order valence-corrected chi connectivity index (χ0v) is 22.7. The Morgan fingerprint density at radius 1 is 0.975 bits per heavy atom. The van der Waals surface area contributed by atoms with E-state index < -0.39 is 29.1 Å². The van der Waals surface area contributed by atoms with Crippen LogP contribution in [0.3, 0.4) is 0 Å². The highest BCUT2D eigenvalue weighted by molar-refractivity contribution is 5.96. The molecule has 3 N–H and O–H groups in total. The van der Waals surface area contributed by atoms with Crippen LogP contribution in [0.5, 0.6) is 11.5 Å². The first-order valence-corrected chi connectivity index (χ1v) is 12.7. The highest BCUT2D eigenvalue weighted by Crippen LogP contribution is 2.34. The molecule has 0 aliphatic rings. The summed E-state index contributed by atoms with van der Waals surface area (Å²) in [6, 6.07) is 11.1. The number of ether oxygens (including phenoxy) is 1. The smallest absolute Gasteiger partial charge is 0.416 e. The highest BCUT2D eigenvalue weighted by Gasteiger charge is 2.31. The van der Waals surface area contributed by atoms with E-state index in [1.54, 1.807) is 24.3 Å². The number of hydrazine groups is 1. The number of hydrogen-bond donors (Lipinski definition) is 3. The van der Waals surface area contributed by atoms with Crippen LogP contribution >= 0.6 is 0 Å². The monoisotopic (exact) mass is 559 g/mol. The van der Waals surface area contributed by atoms with Gasteiger partial charge in [0.1, 0.15) is 5.75 Å². The van der Waals surface area contributed by atoms with Crippen molar-refractivity contribution >= 4 is 17.7 Å². The Labute approximate surface area is 230 Å². The molecule has 0 bridgehead atoms. The molecule has 1 heterocycles. The lowest BCUT2D eigenvalue weighted by Crippen LogP contribution is -2.41. The van der Waals surface area contributed by atoms with Crippen LogP contribution in [0.1, 0.15) is 72.5 Å². The summed E-state index contributed by atoms with van der Waals surface area (Å²) in [6.07, 6.45) is -1.83. The Hall–Kier alpha value is -4.35. The van der Waals surface area contributed by atoms with E-state index in [1.165, 1.54) is 23.0 Å². The Kier molecular flexibility index (Phi) is 9.56. The van der Waals surface area contributed by atoms with E-state index in [9.17, 15) is 27.6 Å². The van der Waals surface area contributed by atoms with Crippen LogP contribution in [0.15, 0.2) is 54.7 Å². The molecule has 12 heteroatoms. The van der Waals surface area contributed by atoms with E-state index >= 15 is 0 Å². The molecule has 9 nitrogen and oxygen atoms in total. The minimum Gasteiger partial charge on any atom is -0.453 e. The zero-order chi connectivity index (χ0) is 29.5. The molecule has 3 amide bonds. The Morgan fingerprint density at radius 2 is 1.68 bits per heavy atom. The molecular weight excluding hydrogens is 527 g/mol. The van der Waals surface area contributed by atoms with Crippen LogP contribution in [0.25, 0.3) is 0 Å². The highest BCUT2D eigenvalue weighted by atomic mass is 19.4. The molecule has 0 saturated carbocycles. The van der Waals surface area contributed by atoms with Gasteiger partial charge in [0.2, 0.25) is 5.91 Å². The number of nitrogens with one attached hydrogen (secondary N) is 3. The predicted octanol–water partition coefficient (Wildman–Crippen LogP) is 4.98. The largest absolute Gasteiger partial charge is 0.453 e. The molecule has 214 valence electrons. The molecule has 0 aliphatic carbocycles. The average molecular weight is 560 g/mol. The van der Waals surface area contributed by atoms with Crippen molar-refractivity contribution in [1.29, 1.82) is 0 Å². The first-order chi connectivity index (χ1) is 18.8. The molecule has 0 aliphatic heterocycles. The number of carbonyl (C=O) groups is 3. The maximum atomic E-state index is 13.2. The second-order valence-corrected chi connectivity index (χ2v) is 10.0. The predicted molar refractivity (Wildman–Crippen MR) is 142 cm³/mol. The van der Waals surface area contributed by atoms with Gasteiger partial charge in [0.15, 0.2) is 11.4 Å². The number of halogens is 3. The second kappa shape index (κ2) is 12.7. The van der Waals surface area contributed by atoms with E-state index in [1.807, 2.05) is 27.7 Å². The number of hydrogen-bond acceptors (Lipinski definition) is 5. The molecule has 0 saturated heterocycles. The third-order valence-corrected chi connectivity index (χ3v) is 5.68. The fraction of sp³-hybridized carbons (Fsp3) is 0.357. The van der Waals surface area contributed by atoms with Gasteiger partial charge in [-0.05, 0) is 69.5 Å². The van der Waals surface area contributed by atoms with Gasteiger partial charge in [0.25, 0.3) is 11.8 Å². The van der Waals surface area contributed by atoms with Gasteiger partial charge in [-0.1, -0.05) is 25.1 Å². The molecule has 0 atom stereocenters. The van der Waals surface area contributed by atoms with Gasteiger partial charge in [0, 0.05) is 18.5 Å². The molecule has 0 unspecified atom stereocenters. The first kappa shape index (κ1) is 30.2. The molecule has 0 spiro atoms. The number of benzene rings is 2. The summed E-state index contributed by atoms with van der Waals surface area (Å²) in [7, 11) is 0. The van der Waals surface area contributed by atoms with Gasteiger partial charge >= 0.3 is 6.18 Å². The number of carbonyl (C=O) groups excluding carboxylic acids is 3. The topological polar surface area (TPSA) is 114 Å². The minimum atomic E-state index is -4.54. The summed E-state index contributed by atoms with van der Waals surface area (Å²) < 4.78 is 46.5. The van der Waals surface area contributed by atoms with Crippen LogP contribution in [-0.4, -0.2) is 34.0 Å². The second-order valence-electron chi connectivity index (χ2n) is 10.0. The van der Waals surface area contributed by atoms with Crippen molar-refractivity contribution in [3.63, 3.8) is 0 Å². The SMILES string of the molecule is CCCC(=O)NNC(=O)c1ccc(CCNC(=O)c2c(Oc3cccc(C(F)(F)F)c3)cnn2C(C)(C)C)cc1. The van der Waals surface area contributed by atoms with Crippen molar-refractivity contribution in [3.05, 3.63) is 77.1 Å². The fourth-order valence-corrected chi connectivity index (χ4v) is 3.70. The summed E-state index contributed by atoms with van der Waals surface area (Å²) in [6.45, 7) is 7.58. The van der Waals surface area contributed by atoms with E-state index in [2.05, 4.69) is 21.3 Å². The van der Waals surface area contributed by atoms with Crippen molar-refractivity contribution in [2.45, 2.75) is 58.7 Å². The van der Waals surface area contributed by atoms with Crippen molar-refractivity contribution in [3.8, 4) is 11.5 Å². The van der Waals surface area contributed by atoms with Crippen molar-refractivity contribution in [1.82, 2.24) is 25.9 Å². The van der Waals surface area contributed by atoms with Gasteiger partial charge in [0.05, 0.1) is 17.3 Å². The molecule has 2 aromatic carbocycles. The number of alkyl halides is 3. The normalized spacial score (nSPS) is 11.6. The quantitative estimate of drug-likeness (QED) is 0.320. The molecule has 3 aromatic rings. The van der Waals surface area contributed by atoms with Gasteiger partial charge in [-0.25, -0.2) is 0 Å². The Bertz CT molecular complexity index is 1350. The van der Waals surface area contributed by atoms with Gasteiger partial charge < -0.3 is 10.1 Å². The summed E-state index contributed by atoms with van der Waals surface area (Å²) >= 11 is 0. The van der Waals surface area contributed by atoms with Crippen LogP contribution in [0.2, 0.25) is 0 Å². The molecular formula is C28H32F3N5O4. The maximum absolute atomic E-state index is 13.2. The molecule has 0 fully saturated rings. The Balaban J connectivity index is 1.66. The van der Waals surface area contributed by atoms with Crippen LogP contribution < -0.4 is 20.9 Å². The zero-order valence-electron chi connectivity index (χ0n) is 22.7. The molecule has 3 rings (SSSR count). The maximum Gasteiger partial charge on any atom is 0.416 e. The first-order valence-electron chi connectivity index (χ1n) is 12.7. The lowest BCUT2D eigenvalue weighted by Gasteiger charge is -2.22. The number of aromatic nitrogens is 2. The molecule has 0 radical (unpaired) electrons. The molecule has 40 heavy (non-hydrogen) atoms. The van der Waals surface area contributed by atoms with Crippen LogP contribution in [-0.2, 0) is 22.9 Å². The van der Waals surface area contributed by atoms with Crippen molar-refractivity contribution in [2.75, 3.05) is 6.54 Å². The summed E-state index contributed by atoms with van der Waals surface area (Å²) in [5, 5.41) is 7.05. The van der Waals surface area contributed by atoms with Gasteiger partial charge in [-0.15, -0.1) is 0 Å². The lowest BCUT2D eigenvalue weighted by molar-refractivity contribution is -0.137. The van der Waals surface area contributed by atoms with E-state index in [4.69, 9.17) is 4.74 Å². The van der Waals surface area contributed by atoms with Crippen LogP contribution in [0.4, 0.5) is 13.2 Å². The number of amides is 3. The minimum absolute atomic E-state index is 0.0214. The lowest BCUT2D eigenvalue weighted by atomic mass is 10.1. The van der Waals surface area contributed by atoms with E-state index in [0.717, 1.165) is 17.7 Å². The third kappa shape index (κ3) is 8.08.